The molecule has 1 fully saturated rings. The Morgan fingerprint density at radius 1 is 1.50 bits per heavy atom. The first-order chi connectivity index (χ1) is 4.79. The summed E-state index contributed by atoms with van der Waals surface area (Å²) in [7, 11) is 0. The van der Waals surface area contributed by atoms with Gasteiger partial charge >= 0.3 is 5.97 Å². The van der Waals surface area contributed by atoms with Gasteiger partial charge in [0.25, 0.3) is 0 Å². The van der Waals surface area contributed by atoms with Crippen molar-refractivity contribution in [1.29, 1.82) is 0 Å². The first-order valence-electron chi connectivity index (χ1n) is 3.19. The fourth-order valence-corrected chi connectivity index (χ4v) is 3.23. The predicted octanol–water partition coefficient (Wildman–Crippen LogP) is 1.70. The van der Waals surface area contributed by atoms with Crippen LogP contribution in [0.25, 0.3) is 0 Å². The second-order valence-electron chi connectivity index (χ2n) is 1.99. The molecule has 10 heavy (non-hydrogen) atoms. The van der Waals surface area contributed by atoms with Crippen LogP contribution >= 0.6 is 23.5 Å². The lowest BCUT2D eigenvalue weighted by atomic mass is 10.6. The van der Waals surface area contributed by atoms with Gasteiger partial charge in [-0.15, -0.1) is 23.5 Å². The lowest BCUT2D eigenvalue weighted by Gasteiger charge is -2.19. The standard InChI is InChI=1S/C6H10O2S2/c1-5(7)8-6-9-3-2-4-10-6/h6H,2-4H2,1H3. The summed E-state index contributed by atoms with van der Waals surface area (Å²) in [6.45, 7) is 1.45. The van der Waals surface area contributed by atoms with E-state index in [1.54, 1.807) is 23.5 Å². The Labute approximate surface area is 69.1 Å². The van der Waals surface area contributed by atoms with Crippen molar-refractivity contribution >= 4 is 29.5 Å². The number of esters is 1. The monoisotopic (exact) mass is 178 g/mol. The third kappa shape index (κ3) is 2.84. The van der Waals surface area contributed by atoms with Gasteiger partial charge in [-0.3, -0.25) is 4.79 Å². The van der Waals surface area contributed by atoms with E-state index in [0.717, 1.165) is 11.5 Å². The topological polar surface area (TPSA) is 26.3 Å². The summed E-state index contributed by atoms with van der Waals surface area (Å²) in [5.74, 6) is 2.06. The molecule has 1 aliphatic rings. The van der Waals surface area contributed by atoms with Gasteiger partial charge in [-0.2, -0.15) is 0 Å². The van der Waals surface area contributed by atoms with Crippen LogP contribution < -0.4 is 0 Å². The van der Waals surface area contributed by atoms with Gasteiger partial charge < -0.3 is 4.74 Å². The van der Waals surface area contributed by atoms with Crippen LogP contribution in [-0.2, 0) is 9.53 Å². The molecular formula is C6H10O2S2. The van der Waals surface area contributed by atoms with Crippen molar-refractivity contribution in [2.24, 2.45) is 0 Å². The fraction of sp³-hybridized carbons (Fsp3) is 0.833. The summed E-state index contributed by atoms with van der Waals surface area (Å²) in [5.41, 5.74) is 0. The predicted molar refractivity (Wildman–Crippen MR) is 45.1 cm³/mol. The molecule has 0 aromatic heterocycles. The molecule has 0 saturated carbocycles. The number of hydrogen-bond acceptors (Lipinski definition) is 4. The van der Waals surface area contributed by atoms with Crippen molar-refractivity contribution in [3.05, 3.63) is 0 Å². The highest BCUT2D eigenvalue weighted by molar-refractivity contribution is 8.17. The van der Waals surface area contributed by atoms with Crippen LogP contribution in [0.5, 0.6) is 0 Å². The molecule has 0 unspecified atom stereocenters. The Kier molecular flexibility index (Phi) is 3.42. The molecule has 0 aromatic rings. The van der Waals surface area contributed by atoms with Crippen molar-refractivity contribution < 1.29 is 9.53 Å². The summed E-state index contributed by atoms with van der Waals surface area (Å²) in [6.07, 6.45) is 1.23. The lowest BCUT2D eigenvalue weighted by molar-refractivity contribution is -0.139. The van der Waals surface area contributed by atoms with Crippen molar-refractivity contribution in [2.45, 2.75) is 18.1 Å². The van der Waals surface area contributed by atoms with Crippen molar-refractivity contribution in [1.82, 2.24) is 0 Å². The van der Waals surface area contributed by atoms with Crippen molar-refractivity contribution in [3.63, 3.8) is 0 Å². The van der Waals surface area contributed by atoms with Crippen LogP contribution in [0.4, 0.5) is 0 Å². The summed E-state index contributed by atoms with van der Waals surface area (Å²) >= 11 is 3.42. The van der Waals surface area contributed by atoms with Crippen LogP contribution in [0.1, 0.15) is 13.3 Å². The second kappa shape index (κ2) is 4.13. The largest absolute Gasteiger partial charge is 0.441 e. The second-order valence-corrected chi connectivity index (χ2v) is 4.63. The summed E-state index contributed by atoms with van der Waals surface area (Å²) in [5, 5.41) is 0. The molecule has 0 atom stereocenters. The van der Waals surface area contributed by atoms with Crippen molar-refractivity contribution in [3.8, 4) is 0 Å². The van der Waals surface area contributed by atoms with Gasteiger partial charge in [-0.25, -0.2) is 0 Å². The summed E-state index contributed by atoms with van der Waals surface area (Å²) < 4.78 is 5.04. The fourth-order valence-electron chi connectivity index (χ4n) is 0.670. The van der Waals surface area contributed by atoms with E-state index in [-0.39, 0.29) is 10.7 Å². The summed E-state index contributed by atoms with van der Waals surface area (Å²) in [6, 6.07) is 0. The third-order valence-corrected chi connectivity index (χ3v) is 3.66. The first-order valence-corrected chi connectivity index (χ1v) is 5.29. The molecule has 0 bridgehead atoms. The van der Waals surface area contributed by atoms with Crippen LogP contribution in [0.15, 0.2) is 0 Å². The van der Waals surface area contributed by atoms with E-state index in [0.29, 0.717) is 0 Å². The molecule has 58 valence electrons. The van der Waals surface area contributed by atoms with E-state index in [1.807, 2.05) is 0 Å². The normalized spacial score (nSPS) is 20.5. The van der Waals surface area contributed by atoms with Gasteiger partial charge in [0, 0.05) is 6.92 Å². The van der Waals surface area contributed by atoms with Gasteiger partial charge in [0.1, 0.15) is 0 Å². The Bertz CT molecular complexity index is 121. The Balaban J connectivity index is 2.19. The maximum Gasteiger partial charge on any atom is 0.304 e. The SMILES string of the molecule is CC(=O)OC1SCCCS1. The lowest BCUT2D eigenvalue weighted by Crippen LogP contribution is -2.13. The molecule has 0 amide bonds. The molecule has 1 aliphatic heterocycles. The minimum atomic E-state index is -0.174. The molecule has 2 nitrogen and oxygen atoms in total. The van der Waals surface area contributed by atoms with E-state index in [1.165, 1.54) is 13.3 Å². The Morgan fingerprint density at radius 3 is 2.60 bits per heavy atom. The zero-order valence-corrected chi connectivity index (χ0v) is 7.46. The molecule has 1 heterocycles. The highest BCUT2D eigenvalue weighted by Crippen LogP contribution is 2.31. The average Bonchev–Trinajstić information content (AvgIpc) is 1.88. The van der Waals surface area contributed by atoms with E-state index in [4.69, 9.17) is 4.74 Å². The molecule has 0 aliphatic carbocycles. The first kappa shape index (κ1) is 8.27. The maximum atomic E-state index is 10.5. The molecular weight excluding hydrogens is 168 g/mol. The quantitative estimate of drug-likeness (QED) is 0.571. The molecule has 1 rings (SSSR count). The van der Waals surface area contributed by atoms with Gasteiger partial charge in [0.05, 0.1) is 0 Å². The molecule has 1 saturated heterocycles. The van der Waals surface area contributed by atoms with E-state index in [9.17, 15) is 4.79 Å². The molecule has 0 spiro atoms. The number of ether oxygens (including phenoxy) is 1. The molecule has 0 N–H and O–H groups in total. The van der Waals surface area contributed by atoms with Crippen molar-refractivity contribution in [2.75, 3.05) is 11.5 Å². The maximum absolute atomic E-state index is 10.5. The minimum absolute atomic E-state index is 0.0613. The molecule has 0 aromatic carbocycles. The third-order valence-electron chi connectivity index (χ3n) is 1.06. The van der Waals surface area contributed by atoms with E-state index < -0.39 is 0 Å². The van der Waals surface area contributed by atoms with Crippen LogP contribution in [-0.4, -0.2) is 22.2 Å². The van der Waals surface area contributed by atoms with Gasteiger partial charge in [0.15, 0.2) is 4.77 Å². The Morgan fingerprint density at radius 2 is 2.10 bits per heavy atom. The van der Waals surface area contributed by atoms with Crippen LogP contribution in [0.2, 0.25) is 0 Å². The van der Waals surface area contributed by atoms with E-state index >= 15 is 0 Å². The number of thioether (sulfide) groups is 2. The van der Waals surface area contributed by atoms with Gasteiger partial charge in [-0.05, 0) is 17.9 Å². The average molecular weight is 178 g/mol. The van der Waals surface area contributed by atoms with E-state index in [2.05, 4.69) is 0 Å². The zero-order chi connectivity index (χ0) is 7.40. The number of carbonyl (C=O) groups is 1. The molecule has 4 heteroatoms. The number of rotatable bonds is 1. The Hall–Kier alpha value is 0.170. The minimum Gasteiger partial charge on any atom is -0.441 e. The number of carbonyl (C=O) groups excluding carboxylic acids is 1. The number of hydrogen-bond donors (Lipinski definition) is 0. The zero-order valence-electron chi connectivity index (χ0n) is 5.83. The van der Waals surface area contributed by atoms with Crippen LogP contribution in [0.3, 0.4) is 0 Å². The molecule has 0 radical (unpaired) electrons. The highest BCUT2D eigenvalue weighted by atomic mass is 32.2. The smallest absolute Gasteiger partial charge is 0.304 e. The van der Waals surface area contributed by atoms with Gasteiger partial charge in [-0.1, -0.05) is 0 Å². The summed E-state index contributed by atoms with van der Waals surface area (Å²) in [4.78, 5) is 10.5. The van der Waals surface area contributed by atoms with Gasteiger partial charge in [0.2, 0.25) is 0 Å². The highest BCUT2D eigenvalue weighted by Gasteiger charge is 2.16. The van der Waals surface area contributed by atoms with Crippen LogP contribution in [0, 0.1) is 0 Å².